The van der Waals surface area contributed by atoms with Crippen LogP contribution in [0.5, 0.6) is 11.5 Å². The van der Waals surface area contributed by atoms with Crippen molar-refractivity contribution in [2.24, 2.45) is 0 Å². The van der Waals surface area contributed by atoms with Crippen LogP contribution in [-0.4, -0.2) is 19.2 Å². The summed E-state index contributed by atoms with van der Waals surface area (Å²) < 4.78 is 28.5. The molecule has 2 aromatic carbocycles. The highest BCUT2D eigenvalue weighted by atomic mass is 31.2. The summed E-state index contributed by atoms with van der Waals surface area (Å²) >= 11 is 0. The third-order valence-electron chi connectivity index (χ3n) is 2.79. The van der Waals surface area contributed by atoms with Crippen LogP contribution in [0.4, 0.5) is 0 Å². The van der Waals surface area contributed by atoms with Gasteiger partial charge in [-0.2, -0.15) is 0 Å². The zero-order chi connectivity index (χ0) is 15.8. The minimum atomic E-state index is -3.53. The highest BCUT2D eigenvalue weighted by Crippen LogP contribution is 2.48. The van der Waals surface area contributed by atoms with Gasteiger partial charge < -0.3 is 13.8 Å². The van der Waals surface area contributed by atoms with Gasteiger partial charge in [0.05, 0.1) is 19.7 Å². The standard InChI is InChI=1S/C16H17O5P/c1-19-16(17)12-13-22(18,20-14-8-4-2-5-9-14)21-15-10-6-3-7-11-15/h2-11H,12-13H2,1H3. The number of hydrogen-bond donors (Lipinski definition) is 0. The van der Waals surface area contributed by atoms with Gasteiger partial charge in [0.2, 0.25) is 0 Å². The average Bonchev–Trinajstić information content (AvgIpc) is 2.54. The fraction of sp³-hybridized carbons (Fsp3) is 0.188. The normalized spacial score (nSPS) is 10.8. The first-order chi connectivity index (χ1) is 10.6. The lowest BCUT2D eigenvalue weighted by Gasteiger charge is -2.19. The van der Waals surface area contributed by atoms with Crippen LogP contribution in [0.25, 0.3) is 0 Å². The second-order valence-corrected chi connectivity index (χ2v) is 6.50. The molecule has 0 radical (unpaired) electrons. The van der Waals surface area contributed by atoms with Gasteiger partial charge in [0.15, 0.2) is 0 Å². The number of hydrogen-bond acceptors (Lipinski definition) is 5. The number of benzene rings is 2. The Morgan fingerprint density at radius 2 is 1.36 bits per heavy atom. The maximum atomic E-state index is 12.9. The van der Waals surface area contributed by atoms with Crippen LogP contribution in [0.15, 0.2) is 60.7 Å². The van der Waals surface area contributed by atoms with Gasteiger partial charge in [0.25, 0.3) is 0 Å². The molecule has 0 saturated heterocycles. The second-order valence-electron chi connectivity index (χ2n) is 4.47. The fourth-order valence-corrected chi connectivity index (χ4v) is 3.29. The predicted molar refractivity (Wildman–Crippen MR) is 83.2 cm³/mol. The van der Waals surface area contributed by atoms with Gasteiger partial charge in [-0.05, 0) is 24.3 Å². The maximum Gasteiger partial charge on any atom is 0.431 e. The smallest absolute Gasteiger partial charge is 0.431 e. The Morgan fingerprint density at radius 3 is 1.77 bits per heavy atom. The molecule has 0 unspecified atom stereocenters. The molecule has 5 nitrogen and oxygen atoms in total. The number of ether oxygens (including phenoxy) is 1. The van der Waals surface area contributed by atoms with Gasteiger partial charge in [0, 0.05) is 0 Å². The lowest BCUT2D eigenvalue weighted by molar-refractivity contribution is -0.140. The Kier molecular flexibility index (Phi) is 5.61. The summed E-state index contributed by atoms with van der Waals surface area (Å²) in [6, 6.07) is 17.4. The molecule has 22 heavy (non-hydrogen) atoms. The number of carbonyl (C=O) groups excluding carboxylic acids is 1. The van der Waals surface area contributed by atoms with Gasteiger partial charge in [-0.1, -0.05) is 36.4 Å². The summed E-state index contributed by atoms with van der Waals surface area (Å²) in [5.74, 6) is 0.381. The summed E-state index contributed by atoms with van der Waals surface area (Å²) in [6.45, 7) is 0. The molecule has 0 N–H and O–H groups in total. The topological polar surface area (TPSA) is 61.8 Å². The maximum absolute atomic E-state index is 12.9. The fourth-order valence-electron chi connectivity index (χ4n) is 1.72. The SMILES string of the molecule is COC(=O)CCP(=O)(Oc1ccccc1)Oc1ccccc1. The molecule has 0 aliphatic heterocycles. The van der Waals surface area contributed by atoms with Crippen LogP contribution in [0.1, 0.15) is 6.42 Å². The molecule has 0 fully saturated rings. The van der Waals surface area contributed by atoms with Crippen LogP contribution >= 0.6 is 7.60 Å². The molecular formula is C16H17O5P. The van der Waals surface area contributed by atoms with E-state index in [0.717, 1.165) is 0 Å². The first kappa shape index (κ1) is 16.1. The Hall–Kier alpha value is -2.26. The van der Waals surface area contributed by atoms with Crippen molar-refractivity contribution in [3.63, 3.8) is 0 Å². The molecule has 116 valence electrons. The molecule has 0 saturated carbocycles. The van der Waals surface area contributed by atoms with E-state index in [2.05, 4.69) is 4.74 Å². The Balaban J connectivity index is 2.15. The number of para-hydroxylation sites is 2. The van der Waals surface area contributed by atoms with E-state index in [9.17, 15) is 9.36 Å². The molecule has 2 rings (SSSR count). The number of methoxy groups -OCH3 is 1. The summed E-state index contributed by atoms with van der Waals surface area (Å²) in [5, 5.41) is 0. The van der Waals surface area contributed by atoms with E-state index < -0.39 is 13.6 Å². The summed E-state index contributed by atoms with van der Waals surface area (Å²) in [4.78, 5) is 11.3. The minimum Gasteiger partial charge on any atom is -0.469 e. The van der Waals surface area contributed by atoms with E-state index in [4.69, 9.17) is 9.05 Å². The summed E-state index contributed by atoms with van der Waals surface area (Å²) in [6.07, 6.45) is -0.114. The van der Waals surface area contributed by atoms with E-state index in [-0.39, 0.29) is 12.6 Å². The first-order valence-electron chi connectivity index (χ1n) is 6.76. The molecule has 0 amide bonds. The minimum absolute atomic E-state index is 0.0482. The molecule has 0 aliphatic carbocycles. The number of rotatable bonds is 7. The summed E-state index contributed by atoms with van der Waals surface area (Å²) in [7, 11) is -2.25. The Labute approximate surface area is 129 Å². The van der Waals surface area contributed by atoms with Crippen molar-refractivity contribution in [1.29, 1.82) is 0 Å². The third kappa shape index (κ3) is 4.93. The van der Waals surface area contributed by atoms with Crippen LogP contribution in [0, 0.1) is 0 Å². The van der Waals surface area contributed by atoms with E-state index in [0.29, 0.717) is 11.5 Å². The van der Waals surface area contributed by atoms with E-state index in [1.165, 1.54) is 7.11 Å². The van der Waals surface area contributed by atoms with Gasteiger partial charge in [0.1, 0.15) is 11.5 Å². The molecule has 0 atom stereocenters. The molecule has 6 heteroatoms. The monoisotopic (exact) mass is 320 g/mol. The van der Waals surface area contributed by atoms with Crippen molar-refractivity contribution in [3.05, 3.63) is 60.7 Å². The van der Waals surface area contributed by atoms with Crippen molar-refractivity contribution in [3.8, 4) is 11.5 Å². The lowest BCUT2D eigenvalue weighted by Crippen LogP contribution is -2.10. The van der Waals surface area contributed by atoms with Gasteiger partial charge in [-0.15, -0.1) is 0 Å². The third-order valence-corrected chi connectivity index (χ3v) is 4.54. The van der Waals surface area contributed by atoms with Gasteiger partial charge >= 0.3 is 13.6 Å². The quantitative estimate of drug-likeness (QED) is 0.572. The van der Waals surface area contributed by atoms with Crippen LogP contribution in [0.2, 0.25) is 0 Å². The zero-order valence-electron chi connectivity index (χ0n) is 12.2. The van der Waals surface area contributed by atoms with Crippen molar-refractivity contribution in [2.45, 2.75) is 6.42 Å². The Bertz CT molecular complexity index is 597. The Morgan fingerprint density at radius 1 is 0.909 bits per heavy atom. The number of esters is 1. The molecule has 0 heterocycles. The van der Waals surface area contributed by atoms with E-state index in [1.807, 2.05) is 12.1 Å². The highest BCUT2D eigenvalue weighted by Gasteiger charge is 2.29. The molecule has 0 aliphatic rings. The van der Waals surface area contributed by atoms with Gasteiger partial charge in [-0.25, -0.2) is 4.57 Å². The van der Waals surface area contributed by atoms with Crippen molar-refractivity contribution >= 4 is 13.6 Å². The molecule has 2 aromatic rings. The highest BCUT2D eigenvalue weighted by molar-refractivity contribution is 7.54. The van der Waals surface area contributed by atoms with Crippen molar-refractivity contribution in [2.75, 3.05) is 13.3 Å². The molecular weight excluding hydrogens is 303 g/mol. The second kappa shape index (κ2) is 7.66. The average molecular weight is 320 g/mol. The van der Waals surface area contributed by atoms with Crippen LogP contribution in [-0.2, 0) is 14.1 Å². The first-order valence-corrected chi connectivity index (χ1v) is 8.49. The van der Waals surface area contributed by atoms with Crippen molar-refractivity contribution in [1.82, 2.24) is 0 Å². The molecule has 0 spiro atoms. The van der Waals surface area contributed by atoms with Crippen molar-refractivity contribution < 1.29 is 23.1 Å². The largest absolute Gasteiger partial charge is 0.469 e. The molecule has 0 bridgehead atoms. The summed E-state index contributed by atoms with van der Waals surface area (Å²) in [5.41, 5.74) is 0. The lowest BCUT2D eigenvalue weighted by atomic mass is 10.3. The number of carbonyl (C=O) groups is 1. The van der Waals surface area contributed by atoms with E-state index in [1.54, 1.807) is 48.5 Å². The predicted octanol–water partition coefficient (Wildman–Crippen LogP) is 3.90. The molecule has 0 aromatic heterocycles. The zero-order valence-corrected chi connectivity index (χ0v) is 13.1. The van der Waals surface area contributed by atoms with Crippen LogP contribution < -0.4 is 9.05 Å². The van der Waals surface area contributed by atoms with E-state index >= 15 is 0 Å². The van der Waals surface area contributed by atoms with Gasteiger partial charge in [-0.3, -0.25) is 4.79 Å². The van der Waals surface area contributed by atoms with Crippen LogP contribution in [0.3, 0.4) is 0 Å².